The fourth-order valence-electron chi connectivity index (χ4n) is 2.68. The van der Waals surface area contributed by atoms with Crippen molar-refractivity contribution in [1.29, 1.82) is 0 Å². The van der Waals surface area contributed by atoms with Crippen molar-refractivity contribution < 1.29 is 4.74 Å². The first kappa shape index (κ1) is 10.8. The zero-order valence-electron chi connectivity index (χ0n) is 9.38. The lowest BCUT2D eigenvalue weighted by Crippen LogP contribution is -2.50. The Morgan fingerprint density at radius 2 is 2.00 bits per heavy atom. The lowest BCUT2D eigenvalue weighted by Gasteiger charge is -2.40. The molecule has 2 aliphatic heterocycles. The fourth-order valence-corrected chi connectivity index (χ4v) is 4.47. The van der Waals surface area contributed by atoms with E-state index in [1.165, 1.54) is 25.0 Å². The molecule has 1 spiro atoms. The van der Waals surface area contributed by atoms with Gasteiger partial charge in [-0.15, -0.1) is 11.8 Å². The van der Waals surface area contributed by atoms with Gasteiger partial charge in [-0.05, 0) is 20.3 Å². The average molecular weight is 215 g/mol. The number of rotatable bonds is 1. The summed E-state index contributed by atoms with van der Waals surface area (Å²) < 4.78 is 5.79. The first-order valence-electron chi connectivity index (χ1n) is 5.70. The van der Waals surface area contributed by atoms with Gasteiger partial charge in [0.2, 0.25) is 0 Å². The molecule has 3 atom stereocenters. The Hall–Kier alpha value is 0.270. The molecule has 2 fully saturated rings. The third kappa shape index (κ3) is 2.10. The standard InChI is InChI=1S/C11H21NOS/c1-4-10-7-14-11(12-10)5-8(2)13-9(3)6-11/h8-10,12H,4-7H2,1-3H3. The predicted molar refractivity (Wildman–Crippen MR) is 61.6 cm³/mol. The first-order valence-corrected chi connectivity index (χ1v) is 6.69. The largest absolute Gasteiger partial charge is 0.375 e. The van der Waals surface area contributed by atoms with Crippen LogP contribution in [0.1, 0.15) is 40.0 Å². The molecule has 0 radical (unpaired) electrons. The minimum Gasteiger partial charge on any atom is -0.375 e. The Morgan fingerprint density at radius 3 is 2.50 bits per heavy atom. The second-order valence-corrected chi connectivity index (χ2v) is 6.12. The zero-order chi connectivity index (χ0) is 10.2. The normalized spacial score (nSPS) is 48.6. The molecule has 0 aromatic heterocycles. The van der Waals surface area contributed by atoms with Gasteiger partial charge in [0.25, 0.3) is 0 Å². The SMILES string of the molecule is CCC1CSC2(CC(C)OC(C)C2)N1. The van der Waals surface area contributed by atoms with E-state index < -0.39 is 0 Å². The predicted octanol–water partition coefficient (Wildman–Crippen LogP) is 2.39. The lowest BCUT2D eigenvalue weighted by atomic mass is 9.98. The summed E-state index contributed by atoms with van der Waals surface area (Å²) in [6.07, 6.45) is 4.40. The average Bonchev–Trinajstić information content (AvgIpc) is 2.46. The van der Waals surface area contributed by atoms with Crippen LogP contribution in [-0.4, -0.2) is 28.9 Å². The monoisotopic (exact) mass is 215 g/mol. The summed E-state index contributed by atoms with van der Waals surface area (Å²) in [7, 11) is 0. The Kier molecular flexibility index (Phi) is 3.10. The molecular formula is C11H21NOS. The van der Waals surface area contributed by atoms with Gasteiger partial charge in [0.15, 0.2) is 0 Å². The molecule has 0 bridgehead atoms. The fraction of sp³-hybridized carbons (Fsp3) is 1.00. The summed E-state index contributed by atoms with van der Waals surface area (Å²) in [4.78, 5) is 0.331. The highest BCUT2D eigenvalue weighted by atomic mass is 32.2. The van der Waals surface area contributed by atoms with Crippen LogP contribution >= 0.6 is 11.8 Å². The first-order chi connectivity index (χ1) is 6.63. The van der Waals surface area contributed by atoms with E-state index in [1.54, 1.807) is 0 Å². The smallest absolute Gasteiger partial charge is 0.0697 e. The number of nitrogens with one attached hydrogen (secondary N) is 1. The van der Waals surface area contributed by atoms with Crippen molar-refractivity contribution in [2.75, 3.05) is 5.75 Å². The van der Waals surface area contributed by atoms with Crippen molar-refractivity contribution in [2.24, 2.45) is 0 Å². The van der Waals surface area contributed by atoms with Gasteiger partial charge in [0, 0.05) is 24.6 Å². The number of hydrogen-bond acceptors (Lipinski definition) is 3. The van der Waals surface area contributed by atoms with Gasteiger partial charge in [-0.3, -0.25) is 5.32 Å². The van der Waals surface area contributed by atoms with Crippen molar-refractivity contribution >= 4 is 11.8 Å². The van der Waals surface area contributed by atoms with E-state index >= 15 is 0 Å². The van der Waals surface area contributed by atoms with Crippen LogP contribution in [0.2, 0.25) is 0 Å². The maximum Gasteiger partial charge on any atom is 0.0697 e. The molecule has 0 saturated carbocycles. The van der Waals surface area contributed by atoms with Crippen LogP contribution < -0.4 is 5.32 Å². The van der Waals surface area contributed by atoms with Crippen molar-refractivity contribution in [3.8, 4) is 0 Å². The number of ether oxygens (including phenoxy) is 1. The quantitative estimate of drug-likeness (QED) is 0.725. The highest BCUT2D eigenvalue weighted by Crippen LogP contribution is 2.42. The molecule has 2 saturated heterocycles. The zero-order valence-corrected chi connectivity index (χ0v) is 10.2. The third-order valence-electron chi connectivity index (χ3n) is 3.22. The molecule has 0 aliphatic carbocycles. The topological polar surface area (TPSA) is 21.3 Å². The highest BCUT2D eigenvalue weighted by molar-refractivity contribution is 8.00. The van der Waals surface area contributed by atoms with Crippen LogP contribution in [0.5, 0.6) is 0 Å². The van der Waals surface area contributed by atoms with E-state index in [2.05, 4.69) is 37.8 Å². The van der Waals surface area contributed by atoms with E-state index in [0.29, 0.717) is 17.1 Å². The van der Waals surface area contributed by atoms with Crippen molar-refractivity contribution in [3.63, 3.8) is 0 Å². The van der Waals surface area contributed by atoms with Crippen molar-refractivity contribution in [2.45, 2.75) is 63.2 Å². The highest BCUT2D eigenvalue weighted by Gasteiger charge is 2.43. The summed E-state index contributed by atoms with van der Waals surface area (Å²) in [5.74, 6) is 1.27. The van der Waals surface area contributed by atoms with Crippen LogP contribution in [0, 0.1) is 0 Å². The molecule has 1 N–H and O–H groups in total. The molecule has 2 aliphatic rings. The summed E-state index contributed by atoms with van der Waals surface area (Å²) in [6.45, 7) is 6.65. The number of thioether (sulfide) groups is 1. The Balaban J connectivity index is 2.01. The molecule has 82 valence electrons. The van der Waals surface area contributed by atoms with Gasteiger partial charge in [-0.1, -0.05) is 6.92 Å². The summed E-state index contributed by atoms with van der Waals surface area (Å²) in [5, 5.41) is 3.80. The second kappa shape index (κ2) is 4.03. The Bertz CT molecular complexity index is 199. The molecule has 2 nitrogen and oxygen atoms in total. The van der Waals surface area contributed by atoms with Crippen LogP contribution in [0.3, 0.4) is 0 Å². The molecule has 3 unspecified atom stereocenters. The van der Waals surface area contributed by atoms with Gasteiger partial charge >= 0.3 is 0 Å². The van der Waals surface area contributed by atoms with Crippen LogP contribution in [0.4, 0.5) is 0 Å². The molecule has 0 amide bonds. The molecule has 2 heterocycles. The Labute approximate surface area is 91.2 Å². The van der Waals surface area contributed by atoms with Gasteiger partial charge in [0.05, 0.1) is 17.1 Å². The van der Waals surface area contributed by atoms with Crippen molar-refractivity contribution in [3.05, 3.63) is 0 Å². The molecule has 0 aromatic rings. The van der Waals surface area contributed by atoms with Gasteiger partial charge < -0.3 is 4.74 Å². The molecule has 3 heteroatoms. The van der Waals surface area contributed by atoms with E-state index in [-0.39, 0.29) is 0 Å². The van der Waals surface area contributed by atoms with E-state index in [0.717, 1.165) is 6.04 Å². The van der Waals surface area contributed by atoms with E-state index in [1.807, 2.05) is 0 Å². The third-order valence-corrected chi connectivity index (χ3v) is 4.79. The van der Waals surface area contributed by atoms with Gasteiger partial charge in [-0.25, -0.2) is 0 Å². The molecule has 14 heavy (non-hydrogen) atoms. The molecule has 2 rings (SSSR count). The summed E-state index contributed by atoms with van der Waals surface area (Å²) in [5.41, 5.74) is 0. The van der Waals surface area contributed by atoms with Gasteiger partial charge in [-0.2, -0.15) is 0 Å². The lowest BCUT2D eigenvalue weighted by molar-refractivity contribution is -0.0487. The summed E-state index contributed by atoms with van der Waals surface area (Å²) in [6, 6.07) is 0.720. The Morgan fingerprint density at radius 1 is 1.36 bits per heavy atom. The van der Waals surface area contributed by atoms with Gasteiger partial charge in [0.1, 0.15) is 0 Å². The van der Waals surface area contributed by atoms with Crippen LogP contribution in [0.15, 0.2) is 0 Å². The second-order valence-electron chi connectivity index (χ2n) is 4.72. The van der Waals surface area contributed by atoms with E-state index in [9.17, 15) is 0 Å². The summed E-state index contributed by atoms with van der Waals surface area (Å²) >= 11 is 2.11. The maximum absolute atomic E-state index is 5.79. The van der Waals surface area contributed by atoms with E-state index in [4.69, 9.17) is 4.74 Å². The van der Waals surface area contributed by atoms with Crippen LogP contribution in [0.25, 0.3) is 0 Å². The molecule has 0 aromatic carbocycles. The number of hydrogen-bond donors (Lipinski definition) is 1. The minimum atomic E-state index is 0.331. The van der Waals surface area contributed by atoms with Crippen molar-refractivity contribution in [1.82, 2.24) is 5.32 Å². The van der Waals surface area contributed by atoms with Crippen LogP contribution in [-0.2, 0) is 4.74 Å². The minimum absolute atomic E-state index is 0.331. The maximum atomic E-state index is 5.79. The molecular weight excluding hydrogens is 194 g/mol.